The predicted octanol–water partition coefficient (Wildman–Crippen LogP) is 5.70. The molecule has 3 aromatic carbocycles. The number of rotatable bonds is 14. The number of nitrogens with zero attached hydrogens (tertiary/aromatic N) is 2. The maximum absolute atomic E-state index is 12.4. The number of nitrogens with two attached hydrogens (primary N) is 1. The molecule has 2 heterocycles. The highest BCUT2D eigenvalue weighted by atomic mass is 32.2. The quantitative estimate of drug-likeness (QED) is 0.0588. The maximum atomic E-state index is 12.4. The summed E-state index contributed by atoms with van der Waals surface area (Å²) in [6.45, 7) is 0.389. The lowest BCUT2D eigenvalue weighted by Crippen LogP contribution is -2.31. The van der Waals surface area contributed by atoms with Gasteiger partial charge in [0.1, 0.15) is 0 Å². The minimum absolute atomic E-state index is 0.00907. The second kappa shape index (κ2) is 16.9. The van der Waals surface area contributed by atoms with E-state index in [0.29, 0.717) is 60.9 Å². The first-order valence-corrected chi connectivity index (χ1v) is 16.4. The number of para-hydroxylation sites is 2. The number of thioether (sulfide) groups is 1. The number of hydrogen-bond donors (Lipinski definition) is 4. The van der Waals surface area contributed by atoms with Gasteiger partial charge in [0.05, 0.1) is 30.2 Å². The number of benzene rings is 3. The number of amides is 2. The molecule has 240 valence electrons. The summed E-state index contributed by atoms with van der Waals surface area (Å²) < 4.78 is 12.8. The summed E-state index contributed by atoms with van der Waals surface area (Å²) in [6.07, 6.45) is 5.15. The second-order valence-electron chi connectivity index (χ2n) is 11.1. The van der Waals surface area contributed by atoms with E-state index in [9.17, 15) is 14.7 Å². The molecular formula is C35H39N5O5S. The van der Waals surface area contributed by atoms with E-state index < -0.39 is 6.29 Å². The number of carbonyl (C=O) groups is 2. The van der Waals surface area contributed by atoms with Gasteiger partial charge in [0.25, 0.3) is 0 Å². The van der Waals surface area contributed by atoms with Crippen LogP contribution in [0.5, 0.6) is 0 Å². The molecule has 2 amide bonds. The van der Waals surface area contributed by atoms with Crippen LogP contribution in [-0.2, 0) is 32.2 Å². The number of aliphatic hydroxyl groups excluding tert-OH is 1. The number of nitrogen functional groups attached to an aromatic ring is 1. The van der Waals surface area contributed by atoms with Crippen LogP contribution in [0, 0.1) is 0 Å². The molecule has 1 aromatic heterocycles. The van der Waals surface area contributed by atoms with E-state index in [0.717, 1.165) is 22.3 Å². The Labute approximate surface area is 273 Å². The molecule has 1 aliphatic rings. The molecule has 1 saturated heterocycles. The molecule has 0 radical (unpaired) electrons. The van der Waals surface area contributed by atoms with E-state index in [1.54, 1.807) is 42.4 Å². The van der Waals surface area contributed by atoms with Crippen LogP contribution in [0.2, 0.25) is 0 Å². The third kappa shape index (κ3) is 9.85. The summed E-state index contributed by atoms with van der Waals surface area (Å²) in [5.74, 6) is 0.491. The number of aliphatic hydroxyl groups is 1. The lowest BCUT2D eigenvalue weighted by Gasteiger charge is -2.36. The highest BCUT2D eigenvalue weighted by Crippen LogP contribution is 2.39. The van der Waals surface area contributed by atoms with E-state index in [1.807, 2.05) is 60.7 Å². The van der Waals surface area contributed by atoms with Crippen LogP contribution in [-0.4, -0.2) is 38.7 Å². The molecule has 3 atom stereocenters. The Balaban J connectivity index is 1.10. The fraction of sp³-hybridized carbons (Fsp3) is 0.314. The van der Waals surface area contributed by atoms with Gasteiger partial charge in [-0.15, -0.1) is 0 Å². The zero-order valence-corrected chi connectivity index (χ0v) is 26.3. The van der Waals surface area contributed by atoms with Crippen LogP contribution >= 0.6 is 11.8 Å². The summed E-state index contributed by atoms with van der Waals surface area (Å²) >= 11 is 1.55. The molecule has 46 heavy (non-hydrogen) atoms. The Kier molecular flexibility index (Phi) is 12.1. The van der Waals surface area contributed by atoms with E-state index >= 15 is 0 Å². The van der Waals surface area contributed by atoms with Crippen molar-refractivity contribution in [2.75, 3.05) is 16.8 Å². The molecule has 0 spiro atoms. The van der Waals surface area contributed by atoms with Gasteiger partial charge < -0.3 is 30.9 Å². The van der Waals surface area contributed by atoms with Gasteiger partial charge in [-0.3, -0.25) is 9.59 Å². The Hall–Kier alpha value is -4.29. The van der Waals surface area contributed by atoms with Crippen molar-refractivity contribution in [3.05, 3.63) is 114 Å². The first kappa shape index (κ1) is 33.1. The van der Waals surface area contributed by atoms with Gasteiger partial charge in [-0.05, 0) is 47.7 Å². The van der Waals surface area contributed by atoms with Crippen molar-refractivity contribution in [2.45, 2.75) is 68.9 Å². The summed E-state index contributed by atoms with van der Waals surface area (Å²) in [4.78, 5) is 33.2. The van der Waals surface area contributed by atoms with E-state index in [4.69, 9.17) is 15.2 Å². The first-order valence-electron chi connectivity index (χ1n) is 15.4. The fourth-order valence-corrected chi connectivity index (χ4v) is 5.85. The molecule has 10 nitrogen and oxygen atoms in total. The monoisotopic (exact) mass is 641 g/mol. The van der Waals surface area contributed by atoms with Crippen molar-refractivity contribution >= 4 is 35.0 Å². The smallest absolute Gasteiger partial charge is 0.224 e. The minimum atomic E-state index is -0.572. The number of hydrogen-bond acceptors (Lipinski definition) is 9. The standard InChI is InChI=1S/C35H39N5O5S/c36-29-6-1-2-7-30(29)40-33(43)9-4-3-8-32(42)39-21-24-10-16-27(17-11-24)34-44-28(23-46-35-37-18-5-19-38-35)20-31(45-34)26-14-12-25(22-41)13-15-26/h1-2,5-7,10-19,28,31,34,41H,3-4,8-9,20-23,36H2,(H,39,42)(H,40,43)/t28-,31+,34+/m0/s1. The van der Waals surface area contributed by atoms with Gasteiger partial charge >= 0.3 is 0 Å². The zero-order valence-electron chi connectivity index (χ0n) is 25.5. The van der Waals surface area contributed by atoms with Crippen LogP contribution in [0.25, 0.3) is 0 Å². The highest BCUT2D eigenvalue weighted by Gasteiger charge is 2.32. The predicted molar refractivity (Wildman–Crippen MR) is 177 cm³/mol. The lowest BCUT2D eigenvalue weighted by molar-refractivity contribution is -0.245. The number of unbranched alkanes of at least 4 members (excludes halogenated alkanes) is 1. The molecule has 5 N–H and O–H groups in total. The van der Waals surface area contributed by atoms with Gasteiger partial charge in [0.15, 0.2) is 11.4 Å². The van der Waals surface area contributed by atoms with Gasteiger partial charge in [0, 0.05) is 49.5 Å². The van der Waals surface area contributed by atoms with Crippen LogP contribution in [0.3, 0.4) is 0 Å². The van der Waals surface area contributed by atoms with Crippen LogP contribution in [0.1, 0.15) is 66.8 Å². The minimum Gasteiger partial charge on any atom is -0.397 e. The van der Waals surface area contributed by atoms with Gasteiger partial charge in [-0.25, -0.2) is 9.97 Å². The largest absolute Gasteiger partial charge is 0.397 e. The average Bonchev–Trinajstić information content (AvgIpc) is 3.10. The van der Waals surface area contributed by atoms with Crippen molar-refractivity contribution in [3.8, 4) is 0 Å². The van der Waals surface area contributed by atoms with E-state index in [-0.39, 0.29) is 30.6 Å². The first-order chi connectivity index (χ1) is 22.5. The van der Waals surface area contributed by atoms with Crippen LogP contribution in [0.15, 0.2) is 96.4 Å². The zero-order chi connectivity index (χ0) is 32.1. The second-order valence-corrected chi connectivity index (χ2v) is 12.0. The van der Waals surface area contributed by atoms with Crippen molar-refractivity contribution in [1.29, 1.82) is 0 Å². The third-order valence-electron chi connectivity index (χ3n) is 7.59. The van der Waals surface area contributed by atoms with Crippen LogP contribution < -0.4 is 16.4 Å². The molecule has 5 rings (SSSR count). The Morgan fingerprint density at radius 2 is 1.52 bits per heavy atom. The number of carbonyl (C=O) groups excluding carboxylic acids is 2. The van der Waals surface area contributed by atoms with E-state index in [2.05, 4.69) is 20.6 Å². The number of anilines is 2. The third-order valence-corrected chi connectivity index (χ3v) is 8.60. The maximum Gasteiger partial charge on any atom is 0.224 e. The van der Waals surface area contributed by atoms with Gasteiger partial charge in [-0.2, -0.15) is 0 Å². The normalized spacial score (nSPS) is 17.7. The summed E-state index contributed by atoms with van der Waals surface area (Å²) in [5.41, 5.74) is 10.7. The molecule has 4 aromatic rings. The van der Waals surface area contributed by atoms with Crippen molar-refractivity contribution in [1.82, 2.24) is 15.3 Å². The lowest BCUT2D eigenvalue weighted by atomic mass is 10.0. The number of ether oxygens (including phenoxy) is 2. The molecule has 11 heteroatoms. The summed E-state index contributed by atoms with van der Waals surface area (Å²) in [5, 5.41) is 15.9. The Bertz CT molecular complexity index is 1560. The number of aromatic nitrogens is 2. The highest BCUT2D eigenvalue weighted by molar-refractivity contribution is 7.99. The number of nitrogens with one attached hydrogen (secondary N) is 2. The molecule has 1 fully saturated rings. The average molecular weight is 642 g/mol. The summed E-state index contributed by atoms with van der Waals surface area (Å²) in [6, 6.07) is 24.6. The Morgan fingerprint density at radius 1 is 0.848 bits per heavy atom. The molecular weight excluding hydrogens is 602 g/mol. The SMILES string of the molecule is Nc1ccccc1NC(=O)CCCCC(=O)NCc1ccc([C@@H]2O[C@H](CSc3ncccn3)C[C@H](c3ccc(CO)cc3)O2)cc1. The molecule has 0 unspecified atom stereocenters. The van der Waals surface area contributed by atoms with Gasteiger partial charge in [0.2, 0.25) is 11.8 Å². The van der Waals surface area contributed by atoms with Crippen molar-refractivity contribution in [2.24, 2.45) is 0 Å². The molecule has 1 aliphatic heterocycles. The van der Waals surface area contributed by atoms with E-state index in [1.165, 1.54) is 0 Å². The van der Waals surface area contributed by atoms with Crippen molar-refractivity contribution in [3.63, 3.8) is 0 Å². The topological polar surface area (TPSA) is 149 Å². The molecule has 0 bridgehead atoms. The fourth-order valence-electron chi connectivity index (χ4n) is 5.03. The molecule has 0 saturated carbocycles. The summed E-state index contributed by atoms with van der Waals surface area (Å²) in [7, 11) is 0. The van der Waals surface area contributed by atoms with Gasteiger partial charge in [-0.1, -0.05) is 72.4 Å². The molecule has 0 aliphatic carbocycles. The van der Waals surface area contributed by atoms with Crippen molar-refractivity contribution < 1.29 is 24.2 Å². The van der Waals surface area contributed by atoms with Crippen LogP contribution in [0.4, 0.5) is 11.4 Å². The Morgan fingerprint density at radius 3 is 2.24 bits per heavy atom.